The van der Waals surface area contributed by atoms with Crippen molar-refractivity contribution in [2.24, 2.45) is 5.73 Å². The third-order valence-electron chi connectivity index (χ3n) is 3.95. The molecule has 2 rings (SSSR count). The zero-order valence-corrected chi connectivity index (χ0v) is 16.3. The van der Waals surface area contributed by atoms with E-state index in [2.05, 4.69) is 21.2 Å². The Morgan fingerprint density at radius 1 is 1.23 bits per heavy atom. The van der Waals surface area contributed by atoms with Crippen LogP contribution in [-0.4, -0.2) is 31.0 Å². The first-order valence-corrected chi connectivity index (χ1v) is 8.86. The lowest BCUT2D eigenvalue weighted by Gasteiger charge is -2.22. The van der Waals surface area contributed by atoms with Gasteiger partial charge in [-0.1, -0.05) is 40.2 Å². The van der Waals surface area contributed by atoms with Gasteiger partial charge in [0.05, 0.1) is 19.6 Å². The highest BCUT2D eigenvalue weighted by molar-refractivity contribution is 9.10. The summed E-state index contributed by atoms with van der Waals surface area (Å²) in [6.07, 6.45) is 0.116. The first-order valence-electron chi connectivity index (χ1n) is 8.07. The highest BCUT2D eigenvalue weighted by Crippen LogP contribution is 2.21. The number of benzene rings is 2. The van der Waals surface area contributed by atoms with Crippen LogP contribution in [0.15, 0.2) is 53.0 Å². The summed E-state index contributed by atoms with van der Waals surface area (Å²) in [7, 11) is 3.33. The number of urea groups is 1. The summed E-state index contributed by atoms with van der Waals surface area (Å²) in [5.74, 6) is 0.640. The molecule has 0 heterocycles. The lowest BCUT2D eigenvalue weighted by atomic mass is 10.0. The molecule has 0 saturated carbocycles. The lowest BCUT2D eigenvalue weighted by molar-refractivity contribution is -0.130. The number of ether oxygens (including phenoxy) is 1. The Bertz CT molecular complexity index is 765. The number of hydrogen-bond acceptors (Lipinski definition) is 3. The van der Waals surface area contributed by atoms with Crippen molar-refractivity contribution in [2.75, 3.05) is 14.2 Å². The summed E-state index contributed by atoms with van der Waals surface area (Å²) in [6.45, 7) is 0.444. The Morgan fingerprint density at radius 3 is 2.54 bits per heavy atom. The van der Waals surface area contributed by atoms with Crippen molar-refractivity contribution < 1.29 is 14.3 Å². The second kappa shape index (κ2) is 9.24. The van der Waals surface area contributed by atoms with Gasteiger partial charge in [0.15, 0.2) is 0 Å². The molecule has 138 valence electrons. The van der Waals surface area contributed by atoms with E-state index < -0.39 is 12.1 Å². The quantitative estimate of drug-likeness (QED) is 0.722. The highest BCUT2D eigenvalue weighted by Gasteiger charge is 2.20. The van der Waals surface area contributed by atoms with E-state index in [1.54, 1.807) is 19.1 Å². The van der Waals surface area contributed by atoms with Crippen molar-refractivity contribution in [1.82, 2.24) is 10.2 Å². The molecule has 0 aliphatic carbocycles. The van der Waals surface area contributed by atoms with E-state index in [4.69, 9.17) is 10.5 Å². The first-order chi connectivity index (χ1) is 12.4. The fourth-order valence-electron chi connectivity index (χ4n) is 2.58. The molecule has 0 spiro atoms. The van der Waals surface area contributed by atoms with Gasteiger partial charge < -0.3 is 20.7 Å². The van der Waals surface area contributed by atoms with Gasteiger partial charge in [-0.3, -0.25) is 4.79 Å². The summed E-state index contributed by atoms with van der Waals surface area (Å²) >= 11 is 3.37. The van der Waals surface area contributed by atoms with Gasteiger partial charge in [0.1, 0.15) is 5.75 Å². The molecule has 0 fully saturated rings. The minimum Gasteiger partial charge on any atom is -0.497 e. The average molecular weight is 420 g/mol. The number of rotatable bonds is 7. The van der Waals surface area contributed by atoms with Crippen LogP contribution in [0.2, 0.25) is 0 Å². The molecule has 0 bridgehead atoms. The summed E-state index contributed by atoms with van der Waals surface area (Å²) in [4.78, 5) is 25.6. The lowest BCUT2D eigenvalue weighted by Crippen LogP contribution is -2.37. The second-order valence-corrected chi connectivity index (χ2v) is 6.83. The van der Waals surface area contributed by atoms with Crippen LogP contribution in [0.25, 0.3) is 0 Å². The van der Waals surface area contributed by atoms with Crippen molar-refractivity contribution in [1.29, 1.82) is 0 Å². The SMILES string of the molecule is COc1cccc(CN(C)C(=O)CC(NC(N)=O)c2ccc(Br)cc2)c1. The molecule has 0 aromatic heterocycles. The van der Waals surface area contributed by atoms with E-state index in [0.29, 0.717) is 6.54 Å². The Kier molecular flexibility index (Phi) is 7.03. The van der Waals surface area contributed by atoms with Gasteiger partial charge in [0.25, 0.3) is 0 Å². The Balaban J connectivity index is 2.07. The van der Waals surface area contributed by atoms with Crippen LogP contribution in [0.1, 0.15) is 23.6 Å². The Morgan fingerprint density at radius 2 is 1.92 bits per heavy atom. The van der Waals surface area contributed by atoms with E-state index >= 15 is 0 Å². The first kappa shape index (κ1) is 19.8. The topological polar surface area (TPSA) is 84.7 Å². The van der Waals surface area contributed by atoms with E-state index in [1.807, 2.05) is 48.5 Å². The molecular weight excluding hydrogens is 398 g/mol. The van der Waals surface area contributed by atoms with Crippen molar-refractivity contribution in [3.63, 3.8) is 0 Å². The minimum absolute atomic E-state index is 0.102. The molecule has 26 heavy (non-hydrogen) atoms. The monoisotopic (exact) mass is 419 g/mol. The third-order valence-corrected chi connectivity index (χ3v) is 4.48. The van der Waals surface area contributed by atoms with E-state index in [-0.39, 0.29) is 12.3 Å². The molecule has 0 radical (unpaired) electrons. The molecule has 3 N–H and O–H groups in total. The smallest absolute Gasteiger partial charge is 0.312 e. The maximum atomic E-state index is 12.6. The molecule has 0 saturated heterocycles. The van der Waals surface area contributed by atoms with Crippen LogP contribution < -0.4 is 15.8 Å². The highest BCUT2D eigenvalue weighted by atomic mass is 79.9. The number of carbonyl (C=O) groups is 2. The molecule has 6 nitrogen and oxygen atoms in total. The number of hydrogen-bond donors (Lipinski definition) is 2. The summed E-state index contributed by atoms with van der Waals surface area (Å²) < 4.78 is 6.12. The van der Waals surface area contributed by atoms with Crippen LogP contribution >= 0.6 is 15.9 Å². The van der Waals surface area contributed by atoms with Crippen LogP contribution in [0, 0.1) is 0 Å². The standard InChI is InChI=1S/C19H22BrN3O3/c1-23(12-13-4-3-5-16(10-13)26-2)18(24)11-17(22-19(21)25)14-6-8-15(20)9-7-14/h3-10,17H,11-12H2,1-2H3,(H3,21,22,25). The Hall–Kier alpha value is -2.54. The maximum Gasteiger partial charge on any atom is 0.312 e. The van der Waals surface area contributed by atoms with Crippen LogP contribution in [0.3, 0.4) is 0 Å². The van der Waals surface area contributed by atoms with Crippen LogP contribution in [0.5, 0.6) is 5.75 Å². The number of nitrogens with one attached hydrogen (secondary N) is 1. The fraction of sp³-hybridized carbons (Fsp3) is 0.263. The van der Waals surface area contributed by atoms with E-state index in [1.165, 1.54) is 0 Å². The number of amides is 3. The predicted octanol–water partition coefficient (Wildman–Crippen LogP) is 3.22. The summed E-state index contributed by atoms with van der Waals surface area (Å²) in [6, 6.07) is 13.8. The van der Waals surface area contributed by atoms with Gasteiger partial charge in [-0.15, -0.1) is 0 Å². The number of primary amides is 1. The zero-order chi connectivity index (χ0) is 19.1. The zero-order valence-electron chi connectivity index (χ0n) is 14.7. The van der Waals surface area contributed by atoms with Crippen molar-refractivity contribution >= 4 is 27.9 Å². The molecule has 2 aromatic carbocycles. The summed E-state index contributed by atoms with van der Waals surface area (Å²) in [5, 5.41) is 2.64. The number of carbonyl (C=O) groups excluding carboxylic acids is 2. The number of nitrogens with zero attached hydrogens (tertiary/aromatic N) is 1. The van der Waals surface area contributed by atoms with Gasteiger partial charge in [-0.2, -0.15) is 0 Å². The largest absolute Gasteiger partial charge is 0.497 e. The van der Waals surface area contributed by atoms with Crippen molar-refractivity contribution in [2.45, 2.75) is 19.0 Å². The van der Waals surface area contributed by atoms with Gasteiger partial charge in [-0.25, -0.2) is 4.79 Å². The second-order valence-electron chi connectivity index (χ2n) is 5.92. The van der Waals surface area contributed by atoms with Gasteiger partial charge in [0, 0.05) is 18.1 Å². The Labute approximate surface area is 161 Å². The number of methoxy groups -OCH3 is 1. The predicted molar refractivity (Wildman–Crippen MR) is 104 cm³/mol. The molecule has 1 atom stereocenters. The van der Waals surface area contributed by atoms with Crippen molar-refractivity contribution in [3.8, 4) is 5.75 Å². The minimum atomic E-state index is -0.666. The molecule has 0 aliphatic heterocycles. The molecule has 0 aliphatic rings. The average Bonchev–Trinajstić information content (AvgIpc) is 2.61. The maximum absolute atomic E-state index is 12.6. The van der Waals surface area contributed by atoms with Crippen molar-refractivity contribution in [3.05, 3.63) is 64.1 Å². The number of nitrogens with two attached hydrogens (primary N) is 1. The normalized spacial score (nSPS) is 11.5. The molecule has 7 heteroatoms. The van der Waals surface area contributed by atoms with Gasteiger partial charge >= 0.3 is 6.03 Å². The van der Waals surface area contributed by atoms with Gasteiger partial charge in [0.2, 0.25) is 5.91 Å². The fourth-order valence-corrected chi connectivity index (χ4v) is 2.85. The number of halogens is 1. The van der Waals surface area contributed by atoms with Crippen LogP contribution in [-0.2, 0) is 11.3 Å². The molecule has 3 amide bonds. The molecule has 1 unspecified atom stereocenters. The summed E-state index contributed by atoms with van der Waals surface area (Å²) in [5.41, 5.74) is 7.05. The van der Waals surface area contributed by atoms with E-state index in [9.17, 15) is 9.59 Å². The molecule has 2 aromatic rings. The van der Waals surface area contributed by atoms with Crippen LogP contribution in [0.4, 0.5) is 4.79 Å². The third kappa shape index (κ3) is 5.77. The van der Waals surface area contributed by atoms with Gasteiger partial charge in [-0.05, 0) is 35.4 Å². The molecular formula is C19H22BrN3O3. The van der Waals surface area contributed by atoms with E-state index in [0.717, 1.165) is 21.3 Å².